The number of nitrogens with zero attached hydrogens (tertiary/aromatic N) is 6. The van der Waals surface area contributed by atoms with Crippen molar-refractivity contribution in [3.05, 3.63) is 99.7 Å². The van der Waals surface area contributed by atoms with Crippen LogP contribution in [0, 0.1) is 0 Å². The molecular weight excluding hydrogens is 960 g/mol. The Hall–Kier alpha value is -6.61. The first-order chi connectivity index (χ1) is 33.5. The number of benzene rings is 3. The molecule has 18 nitrogen and oxygen atoms in total. The first-order valence-corrected chi connectivity index (χ1v) is 25.8. The second-order valence-electron chi connectivity index (χ2n) is 18.8. The minimum atomic E-state index is -3.82. The maximum Gasteiger partial charge on any atom is 0.349 e. The van der Waals surface area contributed by atoms with Gasteiger partial charge in [-0.1, -0.05) is 41.9 Å². The number of sulfonamides is 1. The summed E-state index contributed by atoms with van der Waals surface area (Å²) >= 11 is 7.43. The van der Waals surface area contributed by atoms with Gasteiger partial charge in [0, 0.05) is 60.5 Å². The lowest BCUT2D eigenvalue weighted by molar-refractivity contribution is -0.139. The van der Waals surface area contributed by atoms with Crippen LogP contribution < -0.4 is 20.3 Å². The summed E-state index contributed by atoms with van der Waals surface area (Å²) in [7, 11) is -3.82. The molecule has 0 spiro atoms. The van der Waals surface area contributed by atoms with E-state index in [-0.39, 0.29) is 64.6 Å². The number of carbonyl (C=O) groups is 5. The number of anilines is 2. The Kier molecular flexibility index (Phi) is 12.3. The average Bonchev–Trinajstić information content (AvgIpc) is 3.81. The van der Waals surface area contributed by atoms with Crippen molar-refractivity contribution in [2.75, 3.05) is 42.2 Å². The Bertz CT molecular complexity index is 3120. The van der Waals surface area contributed by atoms with E-state index in [1.165, 1.54) is 0 Å². The van der Waals surface area contributed by atoms with Gasteiger partial charge in [-0.2, -0.15) is 9.41 Å². The molecule has 3 amide bonds. The molecule has 1 aromatic heterocycles. The summed E-state index contributed by atoms with van der Waals surface area (Å²) < 4.78 is 35.2. The van der Waals surface area contributed by atoms with Crippen molar-refractivity contribution < 1.29 is 47.3 Å². The van der Waals surface area contributed by atoms with Gasteiger partial charge in [0.2, 0.25) is 21.8 Å². The van der Waals surface area contributed by atoms with Crippen molar-refractivity contribution in [1.82, 2.24) is 19.5 Å². The van der Waals surface area contributed by atoms with Crippen LogP contribution in [0.5, 0.6) is 5.75 Å². The van der Waals surface area contributed by atoms with Gasteiger partial charge in [0.25, 0.3) is 5.91 Å². The van der Waals surface area contributed by atoms with Crippen LogP contribution in [-0.2, 0) is 24.4 Å². The summed E-state index contributed by atoms with van der Waals surface area (Å²) in [5.41, 5.74) is 4.32. The zero-order valence-corrected chi connectivity index (χ0v) is 40.5. The second-order valence-corrected chi connectivity index (χ2v) is 22.1. The van der Waals surface area contributed by atoms with Crippen LogP contribution in [-0.4, -0.2) is 130 Å². The number of fused-ring (bicyclic) bond motifs is 1. The van der Waals surface area contributed by atoms with E-state index in [0.29, 0.717) is 40.2 Å². The van der Waals surface area contributed by atoms with E-state index in [2.05, 4.69) is 26.7 Å². The van der Waals surface area contributed by atoms with Gasteiger partial charge in [0.15, 0.2) is 23.4 Å². The number of likely N-dealkylation sites (tertiary alicyclic amines) is 1. The molecule has 364 valence electrons. The number of carbonyl (C=O) groups excluding carboxylic acids is 3. The predicted octanol–water partition coefficient (Wildman–Crippen LogP) is 6.49. The zero-order valence-electron chi connectivity index (χ0n) is 38.1. The number of rotatable bonds is 13. The highest BCUT2D eigenvalue weighted by Gasteiger charge is 2.43. The van der Waals surface area contributed by atoms with E-state index < -0.39 is 52.2 Å². The molecule has 4 aromatic rings. The van der Waals surface area contributed by atoms with Crippen LogP contribution in [0.15, 0.2) is 88.7 Å². The molecule has 6 aliphatic heterocycles. The van der Waals surface area contributed by atoms with Crippen LogP contribution in [0.25, 0.3) is 21.2 Å². The number of carboxylic acids is 2. The summed E-state index contributed by atoms with van der Waals surface area (Å²) in [6, 6.07) is 16.1. The van der Waals surface area contributed by atoms with Crippen molar-refractivity contribution >= 4 is 96.7 Å². The summed E-state index contributed by atoms with van der Waals surface area (Å²) in [4.78, 5) is 70.4. The van der Waals surface area contributed by atoms with Crippen molar-refractivity contribution in [2.24, 2.45) is 10.1 Å². The molecule has 3 fully saturated rings. The number of hydrogen-bond acceptors (Lipinski definition) is 14. The molecule has 4 N–H and O–H groups in total. The third-order valence-electron chi connectivity index (χ3n) is 13.8. The molecule has 3 saturated heterocycles. The van der Waals surface area contributed by atoms with Gasteiger partial charge in [-0.05, 0) is 105 Å². The number of halogens is 1. The number of thiophene rings is 1. The summed E-state index contributed by atoms with van der Waals surface area (Å²) in [5, 5.41) is 32.9. The van der Waals surface area contributed by atoms with Gasteiger partial charge < -0.3 is 25.2 Å². The monoisotopic (exact) mass is 1010 g/mol. The van der Waals surface area contributed by atoms with Crippen LogP contribution in [0.3, 0.4) is 0 Å². The maximum atomic E-state index is 14.2. The second kappa shape index (κ2) is 18.3. The number of aromatic carboxylic acids is 1. The average molecular weight is 1010 g/mol. The van der Waals surface area contributed by atoms with E-state index in [1.54, 1.807) is 44.7 Å². The van der Waals surface area contributed by atoms with Gasteiger partial charge >= 0.3 is 11.9 Å². The predicted molar refractivity (Wildman–Crippen MR) is 265 cm³/mol. The number of piperidine rings is 3. The third-order valence-corrected chi connectivity index (χ3v) is 17.5. The Balaban J connectivity index is 0.771. The lowest BCUT2D eigenvalue weighted by atomic mass is 9.85. The highest BCUT2D eigenvalue weighted by molar-refractivity contribution is 7.89. The van der Waals surface area contributed by atoms with E-state index in [9.17, 15) is 37.5 Å². The van der Waals surface area contributed by atoms with Crippen molar-refractivity contribution in [2.45, 2.75) is 82.1 Å². The molecule has 21 heteroatoms. The van der Waals surface area contributed by atoms with Gasteiger partial charge in [0.05, 0.1) is 28.2 Å². The highest BCUT2D eigenvalue weighted by Crippen LogP contribution is 2.47. The number of carboxylic acid groups (broad SMARTS) is 2. The molecule has 0 bridgehead atoms. The largest absolute Gasteiger partial charge is 0.479 e. The number of hydrazone groups is 1. The topological polar surface area (TPSA) is 231 Å². The van der Waals surface area contributed by atoms with Gasteiger partial charge in [-0.25, -0.2) is 23.0 Å². The summed E-state index contributed by atoms with van der Waals surface area (Å²) in [6.07, 6.45) is 9.91. The number of aliphatic imine (C=N–C) groups is 1. The molecule has 0 saturated carbocycles. The molecule has 0 radical (unpaired) electrons. The lowest BCUT2D eigenvalue weighted by Crippen LogP contribution is -2.56. The number of aliphatic carboxylic acids is 1. The number of amides is 3. The van der Waals surface area contributed by atoms with Crippen molar-refractivity contribution in [3.63, 3.8) is 0 Å². The van der Waals surface area contributed by atoms with E-state index in [4.69, 9.17) is 26.4 Å². The standard InChI is InChI=1S/C49H49ClN8O10S2/c1-49(2)23-30(52-29-6-3-5-28(21-29)44-42(50)43(68-25-40(60)61)45(69-44)48(64)65)16-20-57(49)70(66,67)26-31-15-19-56-38(53-31)22-32(24-51-56)55-17-13-27(14-18-55)33-9-10-36-41-34(33)7-4-8-35(41)47(63)58(36)37-11-12-39(59)54-46(37)62/h3-10,15,19,21-22,24,27,30,37-38,52H,11-14,16-18,20,23,25-26H2,1-2H3,(H,60,61)(H,64,65)(H,54,59,62). The molecule has 6 aliphatic rings. The van der Waals surface area contributed by atoms with E-state index >= 15 is 0 Å². The number of allylic oxidation sites excluding steroid dienone is 2. The fourth-order valence-corrected chi connectivity index (χ4v) is 14.0. The van der Waals surface area contributed by atoms with Gasteiger partial charge in [0.1, 0.15) is 16.8 Å². The molecule has 70 heavy (non-hydrogen) atoms. The fourth-order valence-electron chi connectivity index (χ4n) is 10.7. The number of imide groups is 1. The minimum Gasteiger partial charge on any atom is -0.479 e. The molecule has 3 aromatic carbocycles. The number of hydrogen-bond donors (Lipinski definition) is 4. The third kappa shape index (κ3) is 8.81. The Labute approximate surface area is 412 Å². The Morgan fingerprint density at radius 2 is 1.80 bits per heavy atom. The SMILES string of the molecule is CC1(C)CC(Nc2cccc(-c3sc(C(=O)O)c(OCC(=O)O)c3Cl)c2)CCN1S(=O)(=O)CC1=NC2C=C(N3CCC(c4ccc5c6c(cccc46)C(=O)N5C4CCC(=O)NC4=O)CC3)C=NN2C=C1. The molecular formula is C49H49ClN8O10S2. The normalized spacial score (nSPS) is 22.5. The molecule has 7 heterocycles. The minimum absolute atomic E-state index is 0.00575. The highest BCUT2D eigenvalue weighted by atomic mass is 35.5. The molecule has 3 unspecified atom stereocenters. The van der Waals surface area contributed by atoms with Crippen LogP contribution in [0.1, 0.15) is 83.9 Å². The summed E-state index contributed by atoms with van der Waals surface area (Å²) in [5.74, 6) is -3.83. The van der Waals surface area contributed by atoms with Crippen LogP contribution in [0.4, 0.5) is 11.4 Å². The van der Waals surface area contributed by atoms with Crippen LogP contribution >= 0.6 is 22.9 Å². The molecule has 0 aliphatic carbocycles. The van der Waals surface area contributed by atoms with Gasteiger partial charge in [-0.3, -0.25) is 29.6 Å². The smallest absolute Gasteiger partial charge is 0.349 e. The first kappa shape index (κ1) is 47.1. The molecule has 3 atom stereocenters. The molecule has 10 rings (SSSR count). The van der Waals surface area contributed by atoms with Crippen molar-refractivity contribution in [3.8, 4) is 16.2 Å². The Morgan fingerprint density at radius 1 is 1.01 bits per heavy atom. The van der Waals surface area contributed by atoms with E-state index in [0.717, 1.165) is 65.0 Å². The lowest BCUT2D eigenvalue weighted by Gasteiger charge is -2.45. The summed E-state index contributed by atoms with van der Waals surface area (Å²) in [6.45, 7) is 4.83. The quantitative estimate of drug-likeness (QED) is 0.105. The number of ether oxygens (including phenoxy) is 1. The van der Waals surface area contributed by atoms with E-state index in [1.807, 2.05) is 56.5 Å². The zero-order chi connectivity index (χ0) is 49.2. The maximum absolute atomic E-state index is 14.2. The van der Waals surface area contributed by atoms with Crippen LogP contribution in [0.2, 0.25) is 5.02 Å². The number of nitrogens with one attached hydrogen (secondary N) is 2. The first-order valence-electron chi connectivity index (χ1n) is 23.0. The Morgan fingerprint density at radius 3 is 2.54 bits per heavy atom. The van der Waals surface area contributed by atoms with Crippen molar-refractivity contribution in [1.29, 1.82) is 0 Å². The fraction of sp³-hybridized carbons (Fsp3) is 0.367. The van der Waals surface area contributed by atoms with Gasteiger partial charge in [-0.15, -0.1) is 11.3 Å².